The van der Waals surface area contributed by atoms with Gasteiger partial charge < -0.3 is 19.5 Å². The van der Waals surface area contributed by atoms with Crippen LogP contribution in [0.2, 0.25) is 0 Å². The summed E-state index contributed by atoms with van der Waals surface area (Å²) < 4.78 is 81.2. The van der Waals surface area contributed by atoms with Crippen molar-refractivity contribution >= 4 is 16.7 Å². The largest absolute Gasteiger partial charge is 0.503 e. The Bertz CT molecular complexity index is 1270. The Morgan fingerprint density at radius 3 is 2.56 bits per heavy atom. The minimum atomic E-state index is -5.13. The zero-order chi connectivity index (χ0) is 25.6. The summed E-state index contributed by atoms with van der Waals surface area (Å²) in [5, 5.41) is 14.2. The van der Waals surface area contributed by atoms with Crippen molar-refractivity contribution in [2.24, 2.45) is 13.0 Å². The van der Waals surface area contributed by atoms with Gasteiger partial charge in [-0.3, -0.25) is 4.68 Å². The molecule has 1 unspecified atom stereocenters. The SMILES string of the molecule is Cn1nc(-c2cc(C(F)(F)F)c(F)c(O)c2F)c2cnc(N3CCOCC3CC3CCOCC3)cc21. The molecule has 5 rings (SSSR count). The van der Waals surface area contributed by atoms with Crippen molar-refractivity contribution in [1.29, 1.82) is 0 Å². The van der Waals surface area contributed by atoms with E-state index >= 15 is 0 Å². The quantitative estimate of drug-likeness (QED) is 0.513. The molecule has 0 saturated carbocycles. The number of alkyl halides is 3. The fraction of sp³-hybridized carbons (Fsp3) is 0.500. The lowest BCUT2D eigenvalue weighted by molar-refractivity contribution is -0.140. The topological polar surface area (TPSA) is 72.6 Å². The molecule has 3 aromatic rings. The number of nitrogens with zero attached hydrogens (tertiary/aromatic N) is 4. The standard InChI is InChI=1S/C24H25F5N4O3/c1-32-18-10-19(33-4-7-36-12-14(33)8-13-2-5-35-6-3-13)30-11-16(18)22(31-32)15-9-17(24(27,28)29)21(26)23(34)20(15)25/h9-11,13-14,34H,2-8,12H2,1H3. The third-order valence-electron chi connectivity index (χ3n) is 6.93. The second kappa shape index (κ2) is 9.47. The van der Waals surface area contributed by atoms with Gasteiger partial charge in [0, 0.05) is 50.0 Å². The highest BCUT2D eigenvalue weighted by molar-refractivity contribution is 5.94. The predicted molar refractivity (Wildman–Crippen MR) is 121 cm³/mol. The number of aromatic nitrogens is 3. The number of fused-ring (bicyclic) bond motifs is 1. The summed E-state index contributed by atoms with van der Waals surface area (Å²) in [7, 11) is 1.57. The molecule has 4 heterocycles. The van der Waals surface area contributed by atoms with Gasteiger partial charge in [0.1, 0.15) is 11.5 Å². The summed E-state index contributed by atoms with van der Waals surface area (Å²) in [5.41, 5.74) is -2.11. The maximum Gasteiger partial charge on any atom is 0.419 e. The van der Waals surface area contributed by atoms with Crippen molar-refractivity contribution in [3.05, 3.63) is 35.5 Å². The van der Waals surface area contributed by atoms with E-state index in [1.54, 1.807) is 13.1 Å². The summed E-state index contributed by atoms with van der Waals surface area (Å²) in [4.78, 5) is 6.68. The highest BCUT2D eigenvalue weighted by Crippen LogP contribution is 2.42. The van der Waals surface area contributed by atoms with Crippen LogP contribution in [0.5, 0.6) is 5.75 Å². The van der Waals surface area contributed by atoms with Crippen molar-refractivity contribution in [2.75, 3.05) is 37.9 Å². The third-order valence-corrected chi connectivity index (χ3v) is 6.93. The molecule has 2 aliphatic rings. The van der Waals surface area contributed by atoms with E-state index in [-0.39, 0.29) is 17.1 Å². The van der Waals surface area contributed by atoms with Gasteiger partial charge in [0.05, 0.1) is 30.3 Å². The van der Waals surface area contributed by atoms with Crippen LogP contribution < -0.4 is 4.90 Å². The number of hydrogen-bond donors (Lipinski definition) is 1. The molecule has 1 atom stereocenters. The Kier molecular flexibility index (Phi) is 6.50. The maximum absolute atomic E-state index is 14.7. The Morgan fingerprint density at radius 2 is 1.83 bits per heavy atom. The molecule has 0 aliphatic carbocycles. The van der Waals surface area contributed by atoms with Gasteiger partial charge in [-0.05, 0) is 31.2 Å². The van der Waals surface area contributed by atoms with E-state index in [1.165, 1.54) is 10.9 Å². The number of phenols is 1. The first-order valence-corrected chi connectivity index (χ1v) is 11.7. The second-order valence-electron chi connectivity index (χ2n) is 9.19. The van der Waals surface area contributed by atoms with Crippen LogP contribution >= 0.6 is 0 Å². The van der Waals surface area contributed by atoms with Gasteiger partial charge in [-0.15, -0.1) is 0 Å². The number of phenolic OH excluding ortho intramolecular Hbond substituents is 1. The van der Waals surface area contributed by atoms with Crippen molar-refractivity contribution in [1.82, 2.24) is 14.8 Å². The molecule has 1 N–H and O–H groups in total. The Labute approximate surface area is 203 Å². The van der Waals surface area contributed by atoms with Crippen LogP contribution in [0.3, 0.4) is 0 Å². The molecule has 0 radical (unpaired) electrons. The number of aryl methyl sites for hydroxylation is 1. The highest BCUT2D eigenvalue weighted by Gasteiger charge is 2.38. The monoisotopic (exact) mass is 512 g/mol. The predicted octanol–water partition coefficient (Wildman–Crippen LogP) is 4.66. The number of morpholine rings is 1. The molecule has 36 heavy (non-hydrogen) atoms. The van der Waals surface area contributed by atoms with E-state index in [2.05, 4.69) is 15.0 Å². The van der Waals surface area contributed by atoms with Crippen molar-refractivity contribution in [2.45, 2.75) is 31.5 Å². The lowest BCUT2D eigenvalue weighted by Gasteiger charge is -2.39. The first-order chi connectivity index (χ1) is 17.1. The van der Waals surface area contributed by atoms with Crippen LogP contribution in [0, 0.1) is 17.6 Å². The molecule has 1 aromatic carbocycles. The molecule has 0 bridgehead atoms. The average molecular weight is 512 g/mol. The molecule has 2 aromatic heterocycles. The number of anilines is 1. The van der Waals surface area contributed by atoms with Gasteiger partial charge in [-0.1, -0.05) is 0 Å². The van der Waals surface area contributed by atoms with E-state index in [4.69, 9.17) is 9.47 Å². The van der Waals surface area contributed by atoms with Gasteiger partial charge in [0.25, 0.3) is 0 Å². The lowest BCUT2D eigenvalue weighted by Crippen LogP contribution is -2.47. The van der Waals surface area contributed by atoms with E-state index in [0.29, 0.717) is 43.1 Å². The lowest BCUT2D eigenvalue weighted by atomic mass is 9.91. The van der Waals surface area contributed by atoms with Gasteiger partial charge in [0.2, 0.25) is 0 Å². The third kappa shape index (κ3) is 4.47. The fourth-order valence-corrected chi connectivity index (χ4v) is 5.02. The molecule has 0 spiro atoms. The Hall–Kier alpha value is -2.99. The average Bonchev–Trinajstić information content (AvgIpc) is 3.18. The number of hydrogen-bond acceptors (Lipinski definition) is 6. The molecular formula is C24H25F5N4O3. The van der Waals surface area contributed by atoms with E-state index in [9.17, 15) is 27.1 Å². The number of rotatable bonds is 4. The van der Waals surface area contributed by atoms with E-state index in [0.717, 1.165) is 32.5 Å². The van der Waals surface area contributed by atoms with E-state index in [1.807, 2.05) is 0 Å². The van der Waals surface area contributed by atoms with Gasteiger partial charge in [-0.2, -0.15) is 18.3 Å². The first kappa shape index (κ1) is 24.7. The maximum atomic E-state index is 14.7. The van der Waals surface area contributed by atoms with Crippen LogP contribution in [0.4, 0.5) is 27.8 Å². The summed E-state index contributed by atoms with van der Waals surface area (Å²) >= 11 is 0. The molecule has 2 aliphatic heterocycles. The molecule has 12 heteroatoms. The summed E-state index contributed by atoms with van der Waals surface area (Å²) in [6.45, 7) is 3.18. The zero-order valence-electron chi connectivity index (χ0n) is 19.5. The van der Waals surface area contributed by atoms with Crippen LogP contribution in [-0.2, 0) is 22.7 Å². The molecular weight excluding hydrogens is 487 g/mol. The van der Waals surface area contributed by atoms with Crippen LogP contribution in [0.15, 0.2) is 18.3 Å². The van der Waals surface area contributed by atoms with Crippen LogP contribution in [0.25, 0.3) is 22.2 Å². The molecule has 194 valence electrons. The van der Waals surface area contributed by atoms with Gasteiger partial charge in [-0.25, -0.2) is 13.8 Å². The number of benzene rings is 1. The number of pyridine rings is 1. The van der Waals surface area contributed by atoms with Gasteiger partial charge >= 0.3 is 6.18 Å². The zero-order valence-corrected chi connectivity index (χ0v) is 19.5. The minimum absolute atomic E-state index is 0.0975. The van der Waals surface area contributed by atoms with Crippen molar-refractivity contribution in [3.63, 3.8) is 0 Å². The van der Waals surface area contributed by atoms with Crippen LogP contribution in [0.1, 0.15) is 24.8 Å². The minimum Gasteiger partial charge on any atom is -0.503 e. The summed E-state index contributed by atoms with van der Waals surface area (Å²) in [6, 6.07) is 2.17. The first-order valence-electron chi connectivity index (χ1n) is 11.7. The van der Waals surface area contributed by atoms with Crippen molar-refractivity contribution in [3.8, 4) is 17.0 Å². The number of ether oxygens (including phenoxy) is 2. The number of aromatic hydroxyl groups is 1. The number of halogens is 5. The second-order valence-corrected chi connectivity index (χ2v) is 9.19. The summed E-state index contributed by atoms with van der Waals surface area (Å²) in [6.07, 6.45) is -0.827. The van der Waals surface area contributed by atoms with Crippen molar-refractivity contribution < 1.29 is 36.5 Å². The van der Waals surface area contributed by atoms with Gasteiger partial charge in [0.15, 0.2) is 17.4 Å². The molecule has 2 fully saturated rings. The Balaban J connectivity index is 1.53. The highest BCUT2D eigenvalue weighted by atomic mass is 19.4. The normalized spacial score (nSPS) is 19.8. The van der Waals surface area contributed by atoms with Crippen LogP contribution in [-0.4, -0.2) is 58.9 Å². The smallest absolute Gasteiger partial charge is 0.419 e. The molecule has 0 amide bonds. The Morgan fingerprint density at radius 1 is 1.08 bits per heavy atom. The van der Waals surface area contributed by atoms with E-state index < -0.39 is 34.7 Å². The molecule has 7 nitrogen and oxygen atoms in total. The fourth-order valence-electron chi connectivity index (χ4n) is 5.02. The summed E-state index contributed by atoms with van der Waals surface area (Å²) in [5.74, 6) is -4.12. The molecule has 2 saturated heterocycles.